The second-order valence-corrected chi connectivity index (χ2v) is 9.45. The summed E-state index contributed by atoms with van der Waals surface area (Å²) in [7, 11) is -4.12. The van der Waals surface area contributed by atoms with Gasteiger partial charge in [0.25, 0.3) is 10.0 Å². The van der Waals surface area contributed by atoms with Crippen LogP contribution in [0, 0.1) is 5.82 Å². The minimum absolute atomic E-state index is 0.0351. The first-order valence-electron chi connectivity index (χ1n) is 9.04. The monoisotopic (exact) mass is 437 g/mol. The maximum absolute atomic E-state index is 14.7. The number of hydrogen-bond donors (Lipinski definition) is 0. The molecule has 1 aliphatic rings. The molecule has 0 saturated carbocycles. The highest BCUT2D eigenvalue weighted by Gasteiger charge is 2.34. The number of fused-ring (bicyclic) bond motifs is 1. The normalized spacial score (nSPS) is 16.4. The highest BCUT2D eigenvalue weighted by Crippen LogP contribution is 2.44. The molecule has 1 aromatic heterocycles. The summed E-state index contributed by atoms with van der Waals surface area (Å²) in [4.78, 5) is -0.169. The Hall–Kier alpha value is -1.82. The van der Waals surface area contributed by atoms with Gasteiger partial charge in [0.1, 0.15) is 10.7 Å². The SMILES string of the molecule is CCC1CCc2c1cn(S(=O)(=O)c1c(Cl)cccc1Cl)c2-c1ccccc1F. The zero-order valence-corrected chi connectivity index (χ0v) is 17.5. The lowest BCUT2D eigenvalue weighted by atomic mass is 10.0. The zero-order chi connectivity index (χ0) is 20.1. The lowest BCUT2D eigenvalue weighted by Gasteiger charge is -2.15. The van der Waals surface area contributed by atoms with Crippen LogP contribution in [-0.4, -0.2) is 12.4 Å². The van der Waals surface area contributed by atoms with Crippen molar-refractivity contribution in [3.05, 3.63) is 75.7 Å². The van der Waals surface area contributed by atoms with E-state index >= 15 is 0 Å². The van der Waals surface area contributed by atoms with Crippen LogP contribution in [0.25, 0.3) is 11.3 Å². The van der Waals surface area contributed by atoms with E-state index in [9.17, 15) is 12.8 Å². The Morgan fingerprint density at radius 3 is 2.43 bits per heavy atom. The van der Waals surface area contributed by atoms with Crippen molar-refractivity contribution < 1.29 is 12.8 Å². The third-order valence-electron chi connectivity index (χ3n) is 5.35. The molecule has 7 heteroatoms. The minimum Gasteiger partial charge on any atom is -0.240 e. The molecule has 3 aromatic rings. The van der Waals surface area contributed by atoms with E-state index in [4.69, 9.17) is 23.2 Å². The molecule has 1 heterocycles. The van der Waals surface area contributed by atoms with E-state index in [0.717, 1.165) is 27.9 Å². The third kappa shape index (κ3) is 2.97. The average Bonchev–Trinajstić information content (AvgIpc) is 3.21. The molecule has 0 N–H and O–H groups in total. The van der Waals surface area contributed by atoms with E-state index in [2.05, 4.69) is 6.92 Å². The summed E-state index contributed by atoms with van der Waals surface area (Å²) in [6.07, 6.45) is 4.14. The van der Waals surface area contributed by atoms with Gasteiger partial charge < -0.3 is 0 Å². The number of hydrogen-bond acceptors (Lipinski definition) is 2. The topological polar surface area (TPSA) is 39.1 Å². The lowest BCUT2D eigenvalue weighted by molar-refractivity contribution is 0.586. The smallest absolute Gasteiger partial charge is 0.240 e. The molecule has 0 amide bonds. The molecule has 0 radical (unpaired) electrons. The van der Waals surface area contributed by atoms with E-state index in [-0.39, 0.29) is 26.4 Å². The zero-order valence-electron chi connectivity index (χ0n) is 15.1. The molecule has 146 valence electrons. The van der Waals surface area contributed by atoms with Crippen molar-refractivity contribution in [2.75, 3.05) is 0 Å². The fourth-order valence-corrected chi connectivity index (χ4v) is 6.51. The van der Waals surface area contributed by atoms with Crippen molar-refractivity contribution >= 4 is 33.2 Å². The Balaban J connectivity index is 2.05. The quantitative estimate of drug-likeness (QED) is 0.481. The summed E-state index contributed by atoms with van der Waals surface area (Å²) in [6, 6.07) is 10.8. The highest BCUT2D eigenvalue weighted by molar-refractivity contribution is 7.90. The molecule has 1 atom stereocenters. The summed E-state index contributed by atoms with van der Waals surface area (Å²) >= 11 is 12.4. The number of halogens is 3. The van der Waals surface area contributed by atoms with Crippen LogP contribution in [0.3, 0.4) is 0 Å². The van der Waals surface area contributed by atoms with Crippen LogP contribution in [0.5, 0.6) is 0 Å². The molecule has 0 bridgehead atoms. The molecule has 0 saturated heterocycles. The third-order valence-corrected chi connectivity index (χ3v) is 7.97. The summed E-state index contributed by atoms with van der Waals surface area (Å²) in [6.45, 7) is 2.07. The fraction of sp³-hybridized carbons (Fsp3) is 0.238. The number of benzene rings is 2. The number of aromatic nitrogens is 1. The average molecular weight is 438 g/mol. The largest absolute Gasteiger partial charge is 0.271 e. The fourth-order valence-electron chi connectivity index (χ4n) is 4.00. The van der Waals surface area contributed by atoms with E-state index in [0.29, 0.717) is 12.1 Å². The molecule has 2 aromatic carbocycles. The predicted octanol–water partition coefficient (Wildman–Crippen LogP) is 6.28. The summed E-state index contributed by atoms with van der Waals surface area (Å²) in [5, 5.41) is 0.0702. The van der Waals surface area contributed by atoms with E-state index in [1.54, 1.807) is 30.5 Å². The van der Waals surface area contributed by atoms with Gasteiger partial charge in [-0.3, -0.25) is 0 Å². The van der Waals surface area contributed by atoms with Crippen LogP contribution in [0.4, 0.5) is 4.39 Å². The molecule has 4 rings (SSSR count). The second-order valence-electron chi connectivity index (χ2n) is 6.89. The Kier molecular flexibility index (Phi) is 5.02. The van der Waals surface area contributed by atoms with Crippen molar-refractivity contribution in [2.45, 2.75) is 37.0 Å². The molecule has 0 fully saturated rings. The van der Waals surface area contributed by atoms with Crippen LogP contribution in [0.15, 0.2) is 53.6 Å². The predicted molar refractivity (Wildman–Crippen MR) is 110 cm³/mol. The maximum Gasteiger partial charge on any atom is 0.271 e. The van der Waals surface area contributed by atoms with Crippen LogP contribution in [0.2, 0.25) is 10.0 Å². The Morgan fingerprint density at radius 1 is 1.11 bits per heavy atom. The van der Waals surface area contributed by atoms with Gasteiger partial charge in [0.05, 0.1) is 15.7 Å². The van der Waals surface area contributed by atoms with Gasteiger partial charge in [-0.1, -0.05) is 48.3 Å². The van der Waals surface area contributed by atoms with Gasteiger partial charge in [-0.15, -0.1) is 0 Å². The van der Waals surface area contributed by atoms with Gasteiger partial charge >= 0.3 is 0 Å². The first kappa shape index (κ1) is 19.5. The van der Waals surface area contributed by atoms with Gasteiger partial charge in [-0.25, -0.2) is 16.8 Å². The van der Waals surface area contributed by atoms with Crippen molar-refractivity contribution in [1.82, 2.24) is 3.97 Å². The van der Waals surface area contributed by atoms with Gasteiger partial charge in [0.15, 0.2) is 0 Å². The van der Waals surface area contributed by atoms with Gasteiger partial charge in [0.2, 0.25) is 0 Å². The lowest BCUT2D eigenvalue weighted by Crippen LogP contribution is -2.15. The molecule has 0 spiro atoms. The molecular weight excluding hydrogens is 420 g/mol. The minimum atomic E-state index is -4.12. The van der Waals surface area contributed by atoms with E-state index < -0.39 is 15.8 Å². The first-order valence-corrected chi connectivity index (χ1v) is 11.2. The molecule has 1 aliphatic carbocycles. The second kappa shape index (κ2) is 7.21. The number of nitrogens with zero attached hydrogens (tertiary/aromatic N) is 1. The van der Waals surface area contributed by atoms with Gasteiger partial charge in [0, 0.05) is 11.8 Å². The van der Waals surface area contributed by atoms with Crippen molar-refractivity contribution in [1.29, 1.82) is 0 Å². The van der Waals surface area contributed by atoms with Crippen molar-refractivity contribution in [3.8, 4) is 11.3 Å². The van der Waals surface area contributed by atoms with Crippen LogP contribution in [0.1, 0.15) is 36.8 Å². The van der Waals surface area contributed by atoms with Gasteiger partial charge in [-0.2, -0.15) is 0 Å². The van der Waals surface area contributed by atoms with E-state index in [1.807, 2.05) is 0 Å². The standard InChI is InChI=1S/C21H18Cl2FNO2S/c1-2-13-10-11-14-16(13)12-25(20(14)15-6-3-4-9-19(15)24)28(26,27)21-17(22)7-5-8-18(21)23/h3-9,12-13H,2,10-11H2,1H3. The summed E-state index contributed by atoms with van der Waals surface area (Å²) < 4.78 is 42.9. The summed E-state index contributed by atoms with van der Waals surface area (Å²) in [5.41, 5.74) is 2.45. The molecule has 3 nitrogen and oxygen atoms in total. The maximum atomic E-state index is 14.7. The van der Waals surface area contributed by atoms with Crippen LogP contribution < -0.4 is 0 Å². The van der Waals surface area contributed by atoms with Crippen molar-refractivity contribution in [2.24, 2.45) is 0 Å². The summed E-state index contributed by atoms with van der Waals surface area (Å²) in [5.74, 6) is -0.219. The van der Waals surface area contributed by atoms with Crippen LogP contribution in [-0.2, 0) is 16.4 Å². The van der Waals surface area contributed by atoms with Crippen LogP contribution >= 0.6 is 23.2 Å². The Labute approximate surface area is 173 Å². The Morgan fingerprint density at radius 2 is 1.79 bits per heavy atom. The highest BCUT2D eigenvalue weighted by atomic mass is 35.5. The molecule has 0 aliphatic heterocycles. The first-order chi connectivity index (χ1) is 13.4. The molecule has 28 heavy (non-hydrogen) atoms. The van der Waals surface area contributed by atoms with E-state index in [1.165, 1.54) is 18.2 Å². The van der Waals surface area contributed by atoms with Crippen molar-refractivity contribution in [3.63, 3.8) is 0 Å². The van der Waals surface area contributed by atoms with Gasteiger partial charge in [-0.05, 0) is 60.6 Å². The Bertz CT molecular complexity index is 1150. The molecule has 1 unspecified atom stereocenters. The number of rotatable bonds is 4. The molecular formula is C21H18Cl2FNO2S.